The van der Waals surface area contributed by atoms with Crippen molar-refractivity contribution in [2.45, 2.75) is 6.92 Å². The van der Waals surface area contributed by atoms with Crippen LogP contribution >= 0.6 is 15.9 Å². The Kier molecular flexibility index (Phi) is 2.47. The summed E-state index contributed by atoms with van der Waals surface area (Å²) in [6.45, 7) is 1.96. The summed E-state index contributed by atoms with van der Waals surface area (Å²) in [7, 11) is 0. The Morgan fingerprint density at radius 1 is 1.47 bits per heavy atom. The Hall–Kier alpha value is -1.74. The second kappa shape index (κ2) is 3.79. The molecule has 0 atom stereocenters. The van der Waals surface area contributed by atoms with Gasteiger partial charge in [-0.3, -0.25) is 0 Å². The number of nitrogens with zero attached hydrogens (tertiary/aromatic N) is 5. The fourth-order valence-corrected chi connectivity index (χ4v) is 1.29. The van der Waals surface area contributed by atoms with Crippen LogP contribution in [0, 0.1) is 18.3 Å². The molecule has 0 aliphatic rings. The maximum absolute atomic E-state index is 8.58. The normalized spacial score (nSPS) is 9.93. The first-order chi connectivity index (χ1) is 7.20. The van der Waals surface area contributed by atoms with E-state index < -0.39 is 0 Å². The molecule has 0 saturated carbocycles. The molecule has 0 radical (unpaired) electrons. The first-order valence-electron chi connectivity index (χ1n) is 4.15. The summed E-state index contributed by atoms with van der Waals surface area (Å²) in [6, 6.07) is 3.72. The maximum Gasteiger partial charge on any atom is 0.252 e. The molecular weight excluding hydrogens is 258 g/mol. The van der Waals surface area contributed by atoms with Gasteiger partial charge in [-0.25, -0.2) is 14.6 Å². The monoisotopic (exact) mass is 263 g/mol. The van der Waals surface area contributed by atoms with E-state index in [1.165, 1.54) is 11.0 Å². The molecule has 0 aliphatic heterocycles. The molecular formula is C9H6BrN5. The van der Waals surface area contributed by atoms with Gasteiger partial charge in [-0.05, 0) is 34.5 Å². The highest BCUT2D eigenvalue weighted by Gasteiger charge is 2.04. The number of hydrogen-bond donors (Lipinski definition) is 0. The van der Waals surface area contributed by atoms with E-state index in [1.807, 2.05) is 19.1 Å². The number of hydrogen-bond acceptors (Lipinski definition) is 4. The van der Waals surface area contributed by atoms with E-state index in [0.717, 1.165) is 10.0 Å². The molecule has 0 spiro atoms. The highest BCUT2D eigenvalue weighted by atomic mass is 79.9. The molecule has 0 unspecified atom stereocenters. The minimum Gasteiger partial charge on any atom is -0.236 e. The molecule has 0 N–H and O–H groups in total. The van der Waals surface area contributed by atoms with Gasteiger partial charge in [0, 0.05) is 10.7 Å². The third-order valence-corrected chi connectivity index (χ3v) is 2.69. The number of aromatic nitrogens is 4. The van der Waals surface area contributed by atoms with Crippen LogP contribution in [0.15, 0.2) is 23.1 Å². The molecule has 5 nitrogen and oxygen atoms in total. The molecule has 2 aromatic rings. The highest BCUT2D eigenvalue weighted by Crippen LogP contribution is 2.16. The van der Waals surface area contributed by atoms with Crippen molar-refractivity contribution in [3.05, 3.63) is 34.5 Å². The van der Waals surface area contributed by atoms with Crippen molar-refractivity contribution in [1.82, 2.24) is 19.7 Å². The first-order valence-corrected chi connectivity index (χ1v) is 4.94. The molecule has 6 heteroatoms. The minimum absolute atomic E-state index is 0.136. The third-order valence-electron chi connectivity index (χ3n) is 1.86. The van der Waals surface area contributed by atoms with Crippen molar-refractivity contribution in [3.8, 4) is 11.9 Å². The molecule has 0 fully saturated rings. The van der Waals surface area contributed by atoms with Gasteiger partial charge < -0.3 is 0 Å². The fraction of sp³-hybridized carbons (Fsp3) is 0.111. The Morgan fingerprint density at radius 2 is 2.27 bits per heavy atom. The van der Waals surface area contributed by atoms with Crippen molar-refractivity contribution in [2.75, 3.05) is 0 Å². The van der Waals surface area contributed by atoms with Crippen molar-refractivity contribution < 1.29 is 0 Å². The summed E-state index contributed by atoms with van der Waals surface area (Å²) in [5, 5.41) is 12.5. The number of halogens is 1. The molecule has 74 valence electrons. The zero-order valence-corrected chi connectivity index (χ0v) is 9.43. The van der Waals surface area contributed by atoms with E-state index in [2.05, 4.69) is 31.0 Å². The van der Waals surface area contributed by atoms with Crippen molar-refractivity contribution in [3.63, 3.8) is 0 Å². The lowest BCUT2D eigenvalue weighted by molar-refractivity contribution is 0.837. The molecule has 0 saturated heterocycles. The van der Waals surface area contributed by atoms with Gasteiger partial charge in [0.2, 0.25) is 0 Å². The fourth-order valence-electron chi connectivity index (χ4n) is 1.07. The van der Waals surface area contributed by atoms with E-state index in [9.17, 15) is 0 Å². The van der Waals surface area contributed by atoms with E-state index in [1.54, 1.807) is 6.20 Å². The van der Waals surface area contributed by atoms with Crippen molar-refractivity contribution in [1.29, 1.82) is 5.26 Å². The molecule has 0 amide bonds. The van der Waals surface area contributed by atoms with Crippen LogP contribution in [0.5, 0.6) is 0 Å². The molecule has 0 aromatic carbocycles. The van der Waals surface area contributed by atoms with Crippen molar-refractivity contribution in [2.24, 2.45) is 0 Å². The SMILES string of the molecule is Cc1cc(-n2cnc(C#N)n2)ncc1Br. The van der Waals surface area contributed by atoms with Crippen LogP contribution in [-0.2, 0) is 0 Å². The molecule has 2 heterocycles. The first kappa shape index (κ1) is 9.80. The van der Waals surface area contributed by atoms with Gasteiger partial charge in [-0.15, -0.1) is 5.10 Å². The van der Waals surface area contributed by atoms with E-state index in [4.69, 9.17) is 5.26 Å². The Labute approximate surface area is 94.5 Å². The molecule has 2 rings (SSSR count). The van der Waals surface area contributed by atoms with Crippen LogP contribution in [0.2, 0.25) is 0 Å². The lowest BCUT2D eigenvalue weighted by Gasteiger charge is -2.01. The molecule has 15 heavy (non-hydrogen) atoms. The standard InChI is InChI=1S/C9H6BrN5/c1-6-2-9(12-4-7(6)10)15-5-13-8(3-11)14-15/h2,4-5H,1H3. The third kappa shape index (κ3) is 1.87. The second-order valence-corrected chi connectivity index (χ2v) is 3.77. The molecule has 0 bridgehead atoms. The van der Waals surface area contributed by atoms with E-state index in [-0.39, 0.29) is 5.82 Å². The lowest BCUT2D eigenvalue weighted by atomic mass is 10.3. The van der Waals surface area contributed by atoms with Gasteiger partial charge >= 0.3 is 0 Å². The van der Waals surface area contributed by atoms with Crippen LogP contribution in [0.4, 0.5) is 0 Å². The Balaban J connectivity index is 2.46. The maximum atomic E-state index is 8.58. The van der Waals surface area contributed by atoms with Crippen molar-refractivity contribution >= 4 is 15.9 Å². The average Bonchev–Trinajstić information content (AvgIpc) is 2.70. The van der Waals surface area contributed by atoms with Crippen LogP contribution < -0.4 is 0 Å². The number of nitriles is 1. The smallest absolute Gasteiger partial charge is 0.236 e. The van der Waals surface area contributed by atoms with Crippen LogP contribution in [0.25, 0.3) is 5.82 Å². The van der Waals surface area contributed by atoms with Gasteiger partial charge in [0.05, 0.1) is 0 Å². The summed E-state index contributed by atoms with van der Waals surface area (Å²) < 4.78 is 2.41. The highest BCUT2D eigenvalue weighted by molar-refractivity contribution is 9.10. The van der Waals surface area contributed by atoms with Crippen LogP contribution in [-0.4, -0.2) is 19.7 Å². The quantitative estimate of drug-likeness (QED) is 0.784. The van der Waals surface area contributed by atoms with Gasteiger partial charge in [-0.1, -0.05) is 0 Å². The van der Waals surface area contributed by atoms with E-state index in [0.29, 0.717) is 5.82 Å². The lowest BCUT2D eigenvalue weighted by Crippen LogP contribution is -1.99. The topological polar surface area (TPSA) is 67.4 Å². The number of aryl methyl sites for hydroxylation is 1. The van der Waals surface area contributed by atoms with E-state index >= 15 is 0 Å². The Morgan fingerprint density at radius 3 is 2.87 bits per heavy atom. The second-order valence-electron chi connectivity index (χ2n) is 2.92. The summed E-state index contributed by atoms with van der Waals surface area (Å²) in [4.78, 5) is 7.96. The number of rotatable bonds is 1. The number of pyridine rings is 1. The average molecular weight is 264 g/mol. The van der Waals surface area contributed by atoms with Gasteiger partial charge in [-0.2, -0.15) is 5.26 Å². The summed E-state index contributed by atoms with van der Waals surface area (Å²) in [5.74, 6) is 0.780. The molecule has 2 aromatic heterocycles. The van der Waals surface area contributed by atoms with Gasteiger partial charge in [0.25, 0.3) is 5.82 Å². The minimum atomic E-state index is 0.136. The largest absolute Gasteiger partial charge is 0.252 e. The predicted molar refractivity (Wildman–Crippen MR) is 56.3 cm³/mol. The van der Waals surface area contributed by atoms with Gasteiger partial charge in [0.15, 0.2) is 5.82 Å². The zero-order valence-electron chi connectivity index (χ0n) is 7.85. The van der Waals surface area contributed by atoms with Crippen LogP contribution in [0.3, 0.4) is 0 Å². The summed E-state index contributed by atoms with van der Waals surface area (Å²) in [5.41, 5.74) is 1.05. The Bertz CT molecular complexity index is 540. The molecule has 0 aliphatic carbocycles. The summed E-state index contributed by atoms with van der Waals surface area (Å²) >= 11 is 3.36. The van der Waals surface area contributed by atoms with Crippen LogP contribution in [0.1, 0.15) is 11.4 Å². The summed E-state index contributed by atoms with van der Waals surface area (Å²) in [6.07, 6.45) is 3.16. The predicted octanol–water partition coefficient (Wildman–Crippen LogP) is 1.60. The van der Waals surface area contributed by atoms with Gasteiger partial charge in [0.1, 0.15) is 12.4 Å². The zero-order chi connectivity index (χ0) is 10.8.